The average Bonchev–Trinajstić information content (AvgIpc) is 2.36. The van der Waals surface area contributed by atoms with Crippen molar-refractivity contribution in [1.82, 2.24) is 4.90 Å². The van der Waals surface area contributed by atoms with Gasteiger partial charge in [0.15, 0.2) is 0 Å². The molecule has 1 aromatic rings. The normalized spacial score (nSPS) is 21.3. The Morgan fingerprint density at radius 1 is 1.42 bits per heavy atom. The molecular formula is C12H19N3O3S. The molecule has 0 aromatic heterocycles. The molecule has 1 atom stereocenters. The van der Waals surface area contributed by atoms with Gasteiger partial charge in [-0.25, -0.2) is 13.6 Å². The van der Waals surface area contributed by atoms with E-state index in [1.54, 1.807) is 12.1 Å². The Hall–Kier alpha value is -1.15. The Labute approximate surface area is 113 Å². The zero-order chi connectivity index (χ0) is 13.9. The molecule has 1 fully saturated rings. The highest BCUT2D eigenvalue weighted by molar-refractivity contribution is 7.89. The lowest BCUT2D eigenvalue weighted by molar-refractivity contribution is -0.0117. The summed E-state index contributed by atoms with van der Waals surface area (Å²) >= 11 is 0. The zero-order valence-electron chi connectivity index (χ0n) is 10.9. The fourth-order valence-corrected chi connectivity index (χ4v) is 2.50. The van der Waals surface area contributed by atoms with Crippen molar-refractivity contribution in [2.45, 2.75) is 11.0 Å². The number of nitrogens with one attached hydrogen (secondary N) is 1. The maximum atomic E-state index is 11.1. The number of nitrogens with two attached hydrogens (primary N) is 1. The van der Waals surface area contributed by atoms with Crippen LogP contribution in [0.5, 0.6) is 0 Å². The molecule has 2 rings (SSSR count). The minimum atomic E-state index is -3.62. The monoisotopic (exact) mass is 285 g/mol. The van der Waals surface area contributed by atoms with Gasteiger partial charge in [0.1, 0.15) is 0 Å². The molecule has 1 saturated heterocycles. The number of benzene rings is 1. The maximum Gasteiger partial charge on any atom is 0.238 e. The molecular weight excluding hydrogens is 266 g/mol. The Balaban J connectivity index is 1.89. The van der Waals surface area contributed by atoms with Crippen LogP contribution in [0.4, 0.5) is 5.69 Å². The van der Waals surface area contributed by atoms with Crippen molar-refractivity contribution in [2.75, 3.05) is 38.6 Å². The summed E-state index contributed by atoms with van der Waals surface area (Å²) in [5.41, 5.74) is 0.851. The molecule has 0 amide bonds. The zero-order valence-corrected chi connectivity index (χ0v) is 11.7. The van der Waals surface area contributed by atoms with E-state index in [2.05, 4.69) is 17.3 Å². The van der Waals surface area contributed by atoms with Gasteiger partial charge in [0.05, 0.1) is 17.6 Å². The third-order valence-corrected chi connectivity index (χ3v) is 3.99. The summed E-state index contributed by atoms with van der Waals surface area (Å²) in [6.45, 7) is 3.29. The van der Waals surface area contributed by atoms with Crippen molar-refractivity contribution in [1.29, 1.82) is 0 Å². The standard InChI is InChI=1S/C12H19N3O3S/c1-15-6-7-18-11(9-15)8-14-10-2-4-12(5-3-10)19(13,16)17/h2-5,11,14H,6-9H2,1H3,(H2,13,16,17). The second kappa shape index (κ2) is 5.87. The lowest BCUT2D eigenvalue weighted by Gasteiger charge is -2.30. The third kappa shape index (κ3) is 4.17. The quantitative estimate of drug-likeness (QED) is 0.818. The van der Waals surface area contributed by atoms with E-state index in [1.165, 1.54) is 12.1 Å². The number of nitrogens with zero attached hydrogens (tertiary/aromatic N) is 1. The van der Waals surface area contributed by atoms with E-state index < -0.39 is 10.0 Å². The Kier molecular flexibility index (Phi) is 4.41. The molecule has 1 heterocycles. The molecule has 1 aromatic carbocycles. The van der Waals surface area contributed by atoms with E-state index in [9.17, 15) is 8.42 Å². The first-order valence-corrected chi connectivity index (χ1v) is 7.66. The van der Waals surface area contributed by atoms with Crippen molar-refractivity contribution in [2.24, 2.45) is 5.14 Å². The van der Waals surface area contributed by atoms with Crippen molar-refractivity contribution in [3.8, 4) is 0 Å². The summed E-state index contributed by atoms with van der Waals surface area (Å²) in [7, 11) is -1.56. The van der Waals surface area contributed by atoms with Crippen LogP contribution in [0, 0.1) is 0 Å². The van der Waals surface area contributed by atoms with E-state index in [4.69, 9.17) is 9.88 Å². The number of anilines is 1. The molecule has 106 valence electrons. The molecule has 6 nitrogen and oxygen atoms in total. The second-order valence-corrected chi connectivity index (χ2v) is 6.27. The van der Waals surface area contributed by atoms with Crippen LogP contribution in [0.2, 0.25) is 0 Å². The summed E-state index contributed by atoms with van der Waals surface area (Å²) in [5, 5.41) is 8.27. The van der Waals surface area contributed by atoms with E-state index >= 15 is 0 Å². The lowest BCUT2D eigenvalue weighted by Crippen LogP contribution is -2.43. The largest absolute Gasteiger partial charge is 0.382 e. The first-order valence-electron chi connectivity index (χ1n) is 6.12. The highest BCUT2D eigenvalue weighted by Crippen LogP contribution is 2.13. The van der Waals surface area contributed by atoms with Crippen molar-refractivity contribution >= 4 is 15.7 Å². The molecule has 1 aliphatic heterocycles. The number of hydrogen-bond acceptors (Lipinski definition) is 5. The molecule has 0 radical (unpaired) electrons. The van der Waals surface area contributed by atoms with Crippen molar-refractivity contribution < 1.29 is 13.2 Å². The van der Waals surface area contributed by atoms with Crippen molar-refractivity contribution in [3.05, 3.63) is 24.3 Å². The summed E-state index contributed by atoms with van der Waals surface area (Å²) in [5.74, 6) is 0. The Morgan fingerprint density at radius 3 is 2.68 bits per heavy atom. The molecule has 19 heavy (non-hydrogen) atoms. The highest BCUT2D eigenvalue weighted by Gasteiger charge is 2.17. The van der Waals surface area contributed by atoms with Gasteiger partial charge in [-0.2, -0.15) is 0 Å². The highest BCUT2D eigenvalue weighted by atomic mass is 32.2. The average molecular weight is 285 g/mol. The minimum Gasteiger partial charge on any atom is -0.382 e. The van der Waals surface area contributed by atoms with Gasteiger partial charge in [0.25, 0.3) is 0 Å². The molecule has 0 bridgehead atoms. The topological polar surface area (TPSA) is 84.7 Å². The van der Waals surface area contributed by atoms with E-state index in [0.717, 1.165) is 25.4 Å². The number of sulfonamides is 1. The van der Waals surface area contributed by atoms with Crippen LogP contribution >= 0.6 is 0 Å². The van der Waals surface area contributed by atoms with Gasteiger partial charge in [-0.1, -0.05) is 0 Å². The van der Waals surface area contributed by atoms with Gasteiger partial charge in [-0.15, -0.1) is 0 Å². The van der Waals surface area contributed by atoms with Gasteiger partial charge in [-0.3, -0.25) is 0 Å². The van der Waals surface area contributed by atoms with E-state index in [-0.39, 0.29) is 11.0 Å². The van der Waals surface area contributed by atoms with E-state index in [1.807, 2.05) is 0 Å². The molecule has 0 aliphatic carbocycles. The molecule has 7 heteroatoms. The Bertz CT molecular complexity index is 516. The number of rotatable bonds is 4. The number of hydrogen-bond donors (Lipinski definition) is 2. The summed E-state index contributed by atoms with van der Waals surface area (Å²) in [6.07, 6.45) is 0.150. The molecule has 0 saturated carbocycles. The van der Waals surface area contributed by atoms with Crippen LogP contribution in [0.25, 0.3) is 0 Å². The summed E-state index contributed by atoms with van der Waals surface area (Å²) in [6, 6.07) is 6.38. The Morgan fingerprint density at radius 2 is 2.11 bits per heavy atom. The second-order valence-electron chi connectivity index (χ2n) is 4.71. The van der Waals surface area contributed by atoms with Gasteiger partial charge in [0, 0.05) is 25.3 Å². The predicted octanol–water partition coefficient (Wildman–Crippen LogP) is 0.0765. The minimum absolute atomic E-state index is 0.117. The van der Waals surface area contributed by atoms with Gasteiger partial charge in [0.2, 0.25) is 10.0 Å². The van der Waals surface area contributed by atoms with Crippen molar-refractivity contribution in [3.63, 3.8) is 0 Å². The van der Waals surface area contributed by atoms with Gasteiger partial charge >= 0.3 is 0 Å². The van der Waals surface area contributed by atoms with Crippen LogP contribution in [-0.4, -0.2) is 52.7 Å². The lowest BCUT2D eigenvalue weighted by atomic mass is 10.2. The van der Waals surface area contributed by atoms with Crippen LogP contribution in [0.15, 0.2) is 29.2 Å². The smallest absolute Gasteiger partial charge is 0.238 e. The SMILES string of the molecule is CN1CCOC(CNc2ccc(S(N)(=O)=O)cc2)C1. The molecule has 3 N–H and O–H groups in total. The summed E-state index contributed by atoms with van der Waals surface area (Å²) < 4.78 is 27.9. The fraction of sp³-hybridized carbons (Fsp3) is 0.500. The maximum absolute atomic E-state index is 11.1. The number of ether oxygens (including phenoxy) is 1. The predicted molar refractivity (Wildman–Crippen MR) is 73.5 cm³/mol. The first-order chi connectivity index (χ1) is 8.95. The first kappa shape index (κ1) is 14.3. The van der Waals surface area contributed by atoms with Gasteiger partial charge in [-0.05, 0) is 31.3 Å². The molecule has 0 spiro atoms. The van der Waals surface area contributed by atoms with Crippen LogP contribution < -0.4 is 10.5 Å². The number of primary sulfonamides is 1. The van der Waals surface area contributed by atoms with Crippen LogP contribution in [0.3, 0.4) is 0 Å². The van der Waals surface area contributed by atoms with E-state index in [0.29, 0.717) is 6.54 Å². The molecule has 1 aliphatic rings. The third-order valence-electron chi connectivity index (χ3n) is 3.06. The van der Waals surface area contributed by atoms with Gasteiger partial charge < -0.3 is 15.0 Å². The summed E-state index contributed by atoms with van der Waals surface area (Å²) in [4.78, 5) is 2.34. The number of likely N-dealkylation sites (N-methyl/N-ethyl adjacent to an activating group) is 1. The van der Waals surface area contributed by atoms with Crippen LogP contribution in [-0.2, 0) is 14.8 Å². The number of morpholine rings is 1. The molecule has 1 unspecified atom stereocenters. The van der Waals surface area contributed by atoms with Crippen LogP contribution in [0.1, 0.15) is 0 Å². The fourth-order valence-electron chi connectivity index (χ4n) is 1.98.